The lowest BCUT2D eigenvalue weighted by Gasteiger charge is -2.35. The first-order valence-corrected chi connectivity index (χ1v) is 9.73. The first kappa shape index (κ1) is 15.7. The lowest BCUT2D eigenvalue weighted by Crippen LogP contribution is -2.46. The third kappa shape index (κ3) is 3.07. The molecule has 0 radical (unpaired) electrons. The molecule has 1 aliphatic heterocycles. The van der Waals surface area contributed by atoms with Crippen LogP contribution in [0.4, 0.5) is 5.95 Å². The lowest BCUT2D eigenvalue weighted by atomic mass is 10.1. The number of ether oxygens (including phenoxy) is 1. The van der Waals surface area contributed by atoms with Gasteiger partial charge in [-0.05, 0) is 36.2 Å². The van der Waals surface area contributed by atoms with Crippen LogP contribution in [0.3, 0.4) is 0 Å². The molecular weight excluding hydrogens is 340 g/mol. The summed E-state index contributed by atoms with van der Waals surface area (Å²) in [5, 5.41) is 7.09. The molecule has 1 aliphatic rings. The van der Waals surface area contributed by atoms with Gasteiger partial charge in [0.15, 0.2) is 0 Å². The summed E-state index contributed by atoms with van der Waals surface area (Å²) >= 11 is 3.28. The van der Waals surface area contributed by atoms with Crippen LogP contribution in [0.1, 0.15) is 13.8 Å². The van der Waals surface area contributed by atoms with Crippen molar-refractivity contribution in [3.8, 4) is 21.8 Å². The van der Waals surface area contributed by atoms with Gasteiger partial charge in [0.2, 0.25) is 5.95 Å². The topological polar surface area (TPSA) is 51.1 Å². The van der Waals surface area contributed by atoms with E-state index in [1.54, 1.807) is 22.7 Å². The fourth-order valence-corrected chi connectivity index (χ4v) is 4.29. The van der Waals surface area contributed by atoms with E-state index in [2.05, 4.69) is 45.5 Å². The van der Waals surface area contributed by atoms with E-state index in [0.29, 0.717) is 0 Å². The van der Waals surface area contributed by atoms with E-state index in [0.717, 1.165) is 40.9 Å². The minimum absolute atomic E-state index is 0.178. The van der Waals surface area contributed by atoms with Gasteiger partial charge in [0.25, 0.3) is 0 Å². The van der Waals surface area contributed by atoms with E-state index in [9.17, 15) is 0 Å². The highest BCUT2D eigenvalue weighted by Crippen LogP contribution is 2.33. The summed E-state index contributed by atoms with van der Waals surface area (Å²) in [6.07, 6.45) is 4.10. The SMILES string of the molecule is C[C@@H]1CN(c2ncc(-c3ccsc3)c(-c3nccs3)n2)C[C@@H](C)O1. The van der Waals surface area contributed by atoms with Gasteiger partial charge in [0.05, 0.1) is 12.2 Å². The first-order chi connectivity index (χ1) is 11.7. The summed E-state index contributed by atoms with van der Waals surface area (Å²) in [4.78, 5) is 16.2. The normalized spacial score (nSPS) is 21.2. The van der Waals surface area contributed by atoms with Crippen molar-refractivity contribution in [2.75, 3.05) is 18.0 Å². The molecule has 0 N–H and O–H groups in total. The van der Waals surface area contributed by atoms with Crippen LogP contribution in [0.25, 0.3) is 21.8 Å². The molecule has 4 heterocycles. The molecule has 4 rings (SSSR count). The van der Waals surface area contributed by atoms with Gasteiger partial charge < -0.3 is 9.64 Å². The Bertz CT molecular complexity index is 794. The van der Waals surface area contributed by atoms with Crippen molar-refractivity contribution in [2.45, 2.75) is 26.1 Å². The van der Waals surface area contributed by atoms with Crippen LogP contribution < -0.4 is 4.90 Å². The number of nitrogens with zero attached hydrogens (tertiary/aromatic N) is 4. The highest BCUT2D eigenvalue weighted by atomic mass is 32.1. The Morgan fingerprint density at radius 3 is 2.67 bits per heavy atom. The third-order valence-corrected chi connectivity index (χ3v) is 5.41. The highest BCUT2D eigenvalue weighted by molar-refractivity contribution is 7.13. The molecule has 24 heavy (non-hydrogen) atoms. The molecule has 5 nitrogen and oxygen atoms in total. The summed E-state index contributed by atoms with van der Waals surface area (Å²) in [5.41, 5.74) is 3.07. The fourth-order valence-electron chi connectivity index (χ4n) is 3.00. The molecule has 0 unspecified atom stereocenters. The minimum Gasteiger partial charge on any atom is -0.372 e. The van der Waals surface area contributed by atoms with Gasteiger partial charge in [-0.2, -0.15) is 11.3 Å². The number of anilines is 1. The summed E-state index contributed by atoms with van der Waals surface area (Å²) in [6, 6.07) is 2.10. The van der Waals surface area contributed by atoms with Gasteiger partial charge in [-0.15, -0.1) is 11.3 Å². The van der Waals surface area contributed by atoms with Crippen molar-refractivity contribution in [3.05, 3.63) is 34.6 Å². The smallest absolute Gasteiger partial charge is 0.226 e. The van der Waals surface area contributed by atoms with Crippen molar-refractivity contribution in [2.24, 2.45) is 0 Å². The van der Waals surface area contributed by atoms with Crippen LogP contribution in [-0.2, 0) is 4.74 Å². The van der Waals surface area contributed by atoms with Gasteiger partial charge >= 0.3 is 0 Å². The average Bonchev–Trinajstić information content (AvgIpc) is 3.27. The Labute approximate surface area is 149 Å². The molecule has 0 aromatic carbocycles. The van der Waals surface area contributed by atoms with E-state index in [-0.39, 0.29) is 12.2 Å². The molecular formula is C17H18N4OS2. The number of hydrogen-bond donors (Lipinski definition) is 0. The van der Waals surface area contributed by atoms with Crippen molar-refractivity contribution < 1.29 is 4.74 Å². The van der Waals surface area contributed by atoms with Crippen LogP contribution >= 0.6 is 22.7 Å². The zero-order valence-electron chi connectivity index (χ0n) is 13.5. The predicted molar refractivity (Wildman–Crippen MR) is 98.7 cm³/mol. The number of thiazole rings is 1. The molecule has 1 saturated heterocycles. The molecule has 1 fully saturated rings. The largest absolute Gasteiger partial charge is 0.372 e. The molecule has 0 spiro atoms. The van der Waals surface area contributed by atoms with E-state index >= 15 is 0 Å². The second-order valence-corrected chi connectivity index (χ2v) is 7.62. The molecule has 124 valence electrons. The number of aromatic nitrogens is 3. The van der Waals surface area contributed by atoms with Crippen LogP contribution in [0.15, 0.2) is 34.6 Å². The minimum atomic E-state index is 0.178. The van der Waals surface area contributed by atoms with Crippen LogP contribution in [0.2, 0.25) is 0 Å². The second kappa shape index (κ2) is 6.58. The van der Waals surface area contributed by atoms with Crippen LogP contribution in [0.5, 0.6) is 0 Å². The zero-order chi connectivity index (χ0) is 16.5. The Morgan fingerprint density at radius 2 is 2.00 bits per heavy atom. The van der Waals surface area contributed by atoms with Crippen molar-refractivity contribution in [1.82, 2.24) is 15.0 Å². The number of thiophene rings is 1. The monoisotopic (exact) mass is 358 g/mol. The van der Waals surface area contributed by atoms with E-state index in [1.165, 1.54) is 0 Å². The highest BCUT2D eigenvalue weighted by Gasteiger charge is 2.25. The standard InChI is InChI=1S/C17H18N4OS2/c1-11-8-21(9-12(2)22-11)17-19-7-14(13-3-5-23-10-13)15(20-17)16-18-4-6-24-16/h3-7,10-12H,8-9H2,1-2H3/t11-,12-/m1/s1. The Kier molecular flexibility index (Phi) is 4.30. The fraction of sp³-hybridized carbons (Fsp3) is 0.353. The second-order valence-electron chi connectivity index (χ2n) is 5.94. The average molecular weight is 358 g/mol. The van der Waals surface area contributed by atoms with Crippen molar-refractivity contribution in [1.29, 1.82) is 0 Å². The van der Waals surface area contributed by atoms with Gasteiger partial charge in [0, 0.05) is 36.4 Å². The maximum atomic E-state index is 5.82. The molecule has 0 bridgehead atoms. The predicted octanol–water partition coefficient (Wildman–Crippen LogP) is 3.94. The Morgan fingerprint density at radius 1 is 1.17 bits per heavy atom. The quantitative estimate of drug-likeness (QED) is 0.710. The summed E-state index contributed by atoms with van der Waals surface area (Å²) in [6.45, 7) is 5.78. The maximum absolute atomic E-state index is 5.82. The molecule has 0 amide bonds. The summed E-state index contributed by atoms with van der Waals surface area (Å²) < 4.78 is 5.82. The Hall–Kier alpha value is -1.83. The van der Waals surface area contributed by atoms with Gasteiger partial charge in [-0.1, -0.05) is 0 Å². The molecule has 0 aliphatic carbocycles. The molecule has 2 atom stereocenters. The van der Waals surface area contributed by atoms with E-state index in [4.69, 9.17) is 9.72 Å². The van der Waals surface area contributed by atoms with Gasteiger partial charge in [-0.3, -0.25) is 0 Å². The number of rotatable bonds is 3. The summed E-state index contributed by atoms with van der Waals surface area (Å²) in [7, 11) is 0. The number of morpholine rings is 1. The zero-order valence-corrected chi connectivity index (χ0v) is 15.2. The maximum Gasteiger partial charge on any atom is 0.226 e. The number of hydrogen-bond acceptors (Lipinski definition) is 7. The van der Waals surface area contributed by atoms with Gasteiger partial charge in [-0.25, -0.2) is 15.0 Å². The third-order valence-electron chi connectivity index (χ3n) is 3.95. The van der Waals surface area contributed by atoms with Crippen LogP contribution in [0, 0.1) is 0 Å². The molecule has 3 aromatic heterocycles. The van der Waals surface area contributed by atoms with E-state index < -0.39 is 0 Å². The summed E-state index contributed by atoms with van der Waals surface area (Å²) in [5.74, 6) is 0.751. The molecule has 0 saturated carbocycles. The van der Waals surface area contributed by atoms with Crippen LogP contribution in [-0.4, -0.2) is 40.2 Å². The van der Waals surface area contributed by atoms with Crippen molar-refractivity contribution in [3.63, 3.8) is 0 Å². The Balaban J connectivity index is 1.77. The van der Waals surface area contributed by atoms with Gasteiger partial charge in [0.1, 0.15) is 10.7 Å². The van der Waals surface area contributed by atoms with Crippen molar-refractivity contribution >= 4 is 28.6 Å². The molecule has 7 heteroatoms. The lowest BCUT2D eigenvalue weighted by molar-refractivity contribution is -0.00571. The first-order valence-electron chi connectivity index (χ1n) is 7.90. The molecule has 3 aromatic rings. The van der Waals surface area contributed by atoms with E-state index in [1.807, 2.05) is 17.8 Å².